The quantitative estimate of drug-likeness (QED) is 0.836. The number of aliphatic hydroxyl groups is 1. The zero-order valence-corrected chi connectivity index (χ0v) is 10.6. The fourth-order valence-corrected chi connectivity index (χ4v) is 1.42. The summed E-state index contributed by atoms with van der Waals surface area (Å²) in [6, 6.07) is 7.33. The zero-order valence-electron chi connectivity index (χ0n) is 10.6. The monoisotopic (exact) mass is 262 g/mol. The Balaban J connectivity index is 2.32. The second-order valence-electron chi connectivity index (χ2n) is 3.55. The normalized spacial score (nSPS) is 10.1. The van der Waals surface area contributed by atoms with Gasteiger partial charge < -0.3 is 19.9 Å². The van der Waals surface area contributed by atoms with Crippen LogP contribution in [0.25, 0.3) is 0 Å². The van der Waals surface area contributed by atoms with Crippen LogP contribution in [0.15, 0.2) is 24.3 Å². The minimum atomic E-state index is -0.128. The van der Waals surface area contributed by atoms with Crippen molar-refractivity contribution >= 4 is 5.95 Å². The summed E-state index contributed by atoms with van der Waals surface area (Å²) >= 11 is 0. The lowest BCUT2D eigenvalue weighted by atomic mass is 10.2. The van der Waals surface area contributed by atoms with Crippen molar-refractivity contribution in [2.24, 2.45) is 0 Å². The molecule has 2 N–H and O–H groups in total. The van der Waals surface area contributed by atoms with Crippen molar-refractivity contribution in [3.63, 3.8) is 0 Å². The van der Waals surface area contributed by atoms with Gasteiger partial charge in [0, 0.05) is 12.6 Å². The SMILES string of the molecule is CNc1nc(OC)nc(Oc2ccccc2CO)n1. The Bertz CT molecular complexity index is 540. The van der Waals surface area contributed by atoms with E-state index in [0.717, 1.165) is 0 Å². The lowest BCUT2D eigenvalue weighted by molar-refractivity contribution is 0.275. The van der Waals surface area contributed by atoms with Crippen LogP contribution in [-0.4, -0.2) is 34.2 Å². The second kappa shape index (κ2) is 5.96. The molecule has 1 aromatic heterocycles. The van der Waals surface area contributed by atoms with Crippen LogP contribution in [0.3, 0.4) is 0 Å². The van der Waals surface area contributed by atoms with Gasteiger partial charge in [-0.05, 0) is 6.07 Å². The van der Waals surface area contributed by atoms with Crippen molar-refractivity contribution in [1.29, 1.82) is 0 Å². The van der Waals surface area contributed by atoms with E-state index in [1.807, 2.05) is 6.07 Å². The molecule has 0 aliphatic carbocycles. The van der Waals surface area contributed by atoms with E-state index in [2.05, 4.69) is 20.3 Å². The first kappa shape index (κ1) is 13.0. The summed E-state index contributed by atoms with van der Waals surface area (Å²) < 4.78 is 10.5. The van der Waals surface area contributed by atoms with E-state index >= 15 is 0 Å². The first-order chi connectivity index (χ1) is 9.26. The van der Waals surface area contributed by atoms with E-state index in [-0.39, 0.29) is 18.6 Å². The number of nitrogens with one attached hydrogen (secondary N) is 1. The number of benzene rings is 1. The highest BCUT2D eigenvalue weighted by atomic mass is 16.5. The summed E-state index contributed by atoms with van der Waals surface area (Å²) in [5.41, 5.74) is 0.646. The third-order valence-electron chi connectivity index (χ3n) is 2.34. The van der Waals surface area contributed by atoms with Crippen LogP contribution >= 0.6 is 0 Å². The summed E-state index contributed by atoms with van der Waals surface area (Å²) in [4.78, 5) is 12.0. The first-order valence-electron chi connectivity index (χ1n) is 5.61. The topological polar surface area (TPSA) is 89.4 Å². The van der Waals surface area contributed by atoms with Crippen LogP contribution in [0.4, 0.5) is 5.95 Å². The van der Waals surface area contributed by atoms with Gasteiger partial charge in [-0.15, -0.1) is 4.98 Å². The number of methoxy groups -OCH3 is 1. The van der Waals surface area contributed by atoms with Crippen molar-refractivity contribution < 1.29 is 14.6 Å². The van der Waals surface area contributed by atoms with Gasteiger partial charge in [-0.25, -0.2) is 0 Å². The van der Waals surface area contributed by atoms with Gasteiger partial charge in [-0.3, -0.25) is 0 Å². The smallest absolute Gasteiger partial charge is 0.330 e. The van der Waals surface area contributed by atoms with Gasteiger partial charge >= 0.3 is 12.0 Å². The van der Waals surface area contributed by atoms with Crippen molar-refractivity contribution in [1.82, 2.24) is 15.0 Å². The predicted molar refractivity (Wildman–Crippen MR) is 68.4 cm³/mol. The molecular formula is C12H14N4O3. The maximum Gasteiger partial charge on any atom is 0.330 e. The fourth-order valence-electron chi connectivity index (χ4n) is 1.42. The molecule has 0 saturated carbocycles. The number of nitrogens with zero attached hydrogens (tertiary/aromatic N) is 3. The molecule has 0 aliphatic rings. The molecule has 0 spiro atoms. The zero-order chi connectivity index (χ0) is 13.7. The van der Waals surface area contributed by atoms with Crippen LogP contribution in [0, 0.1) is 0 Å². The van der Waals surface area contributed by atoms with Gasteiger partial charge in [0.2, 0.25) is 5.95 Å². The Hall–Kier alpha value is -2.41. The summed E-state index contributed by atoms with van der Waals surface area (Å²) in [7, 11) is 3.14. The number of aromatic nitrogens is 3. The van der Waals surface area contributed by atoms with Gasteiger partial charge in [-0.2, -0.15) is 9.97 Å². The van der Waals surface area contributed by atoms with Gasteiger partial charge in [0.15, 0.2) is 0 Å². The molecule has 0 aliphatic heterocycles. The van der Waals surface area contributed by atoms with E-state index in [1.165, 1.54) is 7.11 Å². The lowest BCUT2D eigenvalue weighted by Crippen LogP contribution is -2.04. The fraction of sp³-hybridized carbons (Fsp3) is 0.250. The molecule has 0 unspecified atom stereocenters. The van der Waals surface area contributed by atoms with Crippen molar-refractivity contribution in [3.05, 3.63) is 29.8 Å². The molecular weight excluding hydrogens is 248 g/mol. The molecule has 1 heterocycles. The number of hydrogen-bond acceptors (Lipinski definition) is 7. The number of hydrogen-bond donors (Lipinski definition) is 2. The summed E-state index contributed by atoms with van der Waals surface area (Å²) in [5.74, 6) is 0.823. The van der Waals surface area contributed by atoms with Crippen LogP contribution in [0.5, 0.6) is 17.8 Å². The Morgan fingerprint density at radius 1 is 1.16 bits per heavy atom. The van der Waals surface area contributed by atoms with Gasteiger partial charge in [0.1, 0.15) is 5.75 Å². The van der Waals surface area contributed by atoms with Crippen LogP contribution in [0.1, 0.15) is 5.56 Å². The largest absolute Gasteiger partial charge is 0.467 e. The Morgan fingerprint density at radius 2 is 1.89 bits per heavy atom. The molecule has 0 atom stereocenters. The molecule has 0 amide bonds. The van der Waals surface area contributed by atoms with Gasteiger partial charge in [0.05, 0.1) is 13.7 Å². The highest BCUT2D eigenvalue weighted by molar-refractivity contribution is 5.35. The Labute approximate surface area is 110 Å². The van der Waals surface area contributed by atoms with Gasteiger partial charge in [0.25, 0.3) is 0 Å². The van der Waals surface area contributed by atoms with E-state index in [0.29, 0.717) is 17.3 Å². The third-order valence-corrected chi connectivity index (χ3v) is 2.34. The molecule has 2 aromatic rings. The van der Waals surface area contributed by atoms with Crippen molar-refractivity contribution in [2.45, 2.75) is 6.61 Å². The number of para-hydroxylation sites is 1. The molecule has 2 rings (SSSR count). The average Bonchev–Trinajstić information content (AvgIpc) is 2.47. The van der Waals surface area contributed by atoms with Gasteiger partial charge in [-0.1, -0.05) is 18.2 Å². The minimum Gasteiger partial charge on any atom is -0.467 e. The molecule has 100 valence electrons. The summed E-state index contributed by atoms with van der Waals surface area (Å²) in [6.07, 6.45) is 0. The molecule has 0 radical (unpaired) electrons. The second-order valence-corrected chi connectivity index (χ2v) is 3.55. The van der Waals surface area contributed by atoms with Crippen LogP contribution in [-0.2, 0) is 6.61 Å². The molecule has 0 bridgehead atoms. The van der Waals surface area contributed by atoms with E-state index in [4.69, 9.17) is 9.47 Å². The Kier molecular flexibility index (Phi) is 4.09. The van der Waals surface area contributed by atoms with E-state index in [9.17, 15) is 5.11 Å². The number of rotatable bonds is 5. The molecule has 0 fully saturated rings. The minimum absolute atomic E-state index is 0.0945. The molecule has 19 heavy (non-hydrogen) atoms. The number of aliphatic hydroxyl groups excluding tert-OH is 1. The number of ether oxygens (including phenoxy) is 2. The summed E-state index contributed by atoms with van der Waals surface area (Å²) in [5, 5.41) is 12.0. The molecule has 7 heteroatoms. The average molecular weight is 262 g/mol. The predicted octanol–water partition coefficient (Wildman–Crippen LogP) is 1.21. The van der Waals surface area contributed by atoms with E-state index < -0.39 is 0 Å². The van der Waals surface area contributed by atoms with E-state index in [1.54, 1.807) is 25.2 Å². The highest BCUT2D eigenvalue weighted by Gasteiger charge is 2.10. The van der Waals surface area contributed by atoms with Crippen LogP contribution in [0.2, 0.25) is 0 Å². The highest BCUT2D eigenvalue weighted by Crippen LogP contribution is 2.24. The van der Waals surface area contributed by atoms with Crippen molar-refractivity contribution in [3.8, 4) is 17.8 Å². The molecule has 7 nitrogen and oxygen atoms in total. The molecule has 0 saturated heterocycles. The first-order valence-corrected chi connectivity index (χ1v) is 5.61. The third kappa shape index (κ3) is 3.08. The standard InChI is InChI=1S/C12H14N4O3/c1-13-10-14-11(18-2)16-12(15-10)19-9-6-4-3-5-8(9)7-17/h3-6,17H,7H2,1-2H3,(H,13,14,15,16). The Morgan fingerprint density at radius 3 is 2.58 bits per heavy atom. The van der Waals surface area contributed by atoms with Crippen molar-refractivity contribution in [2.75, 3.05) is 19.5 Å². The molecule has 1 aromatic carbocycles. The number of anilines is 1. The maximum atomic E-state index is 9.23. The maximum absolute atomic E-state index is 9.23. The lowest BCUT2D eigenvalue weighted by Gasteiger charge is -2.09. The van der Waals surface area contributed by atoms with Crippen LogP contribution < -0.4 is 14.8 Å². The summed E-state index contributed by atoms with van der Waals surface area (Å²) in [6.45, 7) is -0.128.